The number of halogens is 1. The monoisotopic (exact) mass is 262 g/mol. The van der Waals surface area contributed by atoms with Gasteiger partial charge in [0.2, 0.25) is 0 Å². The van der Waals surface area contributed by atoms with Crippen LogP contribution in [0.25, 0.3) is 11.1 Å². The van der Waals surface area contributed by atoms with E-state index in [9.17, 15) is 4.79 Å². The first-order valence-corrected chi connectivity index (χ1v) is 5.62. The number of aromatic carboxylic acids is 1. The zero-order chi connectivity index (χ0) is 13.3. The molecule has 0 unspecified atom stereocenters. The van der Waals surface area contributed by atoms with Gasteiger partial charge in [-0.25, -0.2) is 9.78 Å². The molecular formula is C13H11ClN2O2. The van der Waals surface area contributed by atoms with Gasteiger partial charge in [0, 0.05) is 16.8 Å². The van der Waals surface area contributed by atoms with Crippen LogP contribution in [0.1, 0.15) is 15.9 Å². The Labute approximate surface area is 109 Å². The number of anilines is 1. The summed E-state index contributed by atoms with van der Waals surface area (Å²) < 4.78 is 0. The molecule has 0 atom stereocenters. The molecule has 1 aromatic heterocycles. The zero-order valence-electron chi connectivity index (χ0n) is 9.64. The largest absolute Gasteiger partial charge is 0.478 e. The first-order valence-electron chi connectivity index (χ1n) is 5.24. The number of pyridine rings is 1. The van der Waals surface area contributed by atoms with E-state index in [1.807, 2.05) is 13.0 Å². The van der Waals surface area contributed by atoms with Crippen LogP contribution in [0.2, 0.25) is 5.02 Å². The Kier molecular flexibility index (Phi) is 3.21. The van der Waals surface area contributed by atoms with Crippen molar-refractivity contribution in [3.8, 4) is 11.1 Å². The van der Waals surface area contributed by atoms with Gasteiger partial charge in [-0.15, -0.1) is 0 Å². The third kappa shape index (κ3) is 2.28. The van der Waals surface area contributed by atoms with Crippen LogP contribution in [0, 0.1) is 6.92 Å². The minimum Gasteiger partial charge on any atom is -0.478 e. The Hall–Kier alpha value is -2.07. The van der Waals surface area contributed by atoms with Crippen LogP contribution in [0.15, 0.2) is 30.5 Å². The van der Waals surface area contributed by atoms with Gasteiger partial charge in [0.15, 0.2) is 0 Å². The van der Waals surface area contributed by atoms with E-state index in [0.717, 1.165) is 5.56 Å². The summed E-state index contributed by atoms with van der Waals surface area (Å²) in [4.78, 5) is 15.1. The molecule has 0 saturated heterocycles. The average Bonchev–Trinajstić information content (AvgIpc) is 2.32. The Balaban J connectivity index is 2.63. The minimum atomic E-state index is -1.05. The molecule has 4 nitrogen and oxygen atoms in total. The summed E-state index contributed by atoms with van der Waals surface area (Å²) in [6, 6.07) is 6.70. The lowest BCUT2D eigenvalue weighted by Gasteiger charge is -2.08. The standard InChI is InChI=1S/C13H11ClN2O2/c1-7-2-3-8(4-11(7)14)10-6-16-12(15)5-9(10)13(17)18/h2-6H,1H3,(H2,15,16)(H,17,18). The van der Waals surface area contributed by atoms with Gasteiger partial charge in [0.1, 0.15) is 5.82 Å². The van der Waals surface area contributed by atoms with Crippen molar-refractivity contribution in [3.05, 3.63) is 46.6 Å². The molecule has 0 amide bonds. The van der Waals surface area contributed by atoms with E-state index in [2.05, 4.69) is 4.98 Å². The van der Waals surface area contributed by atoms with Crippen LogP contribution >= 0.6 is 11.6 Å². The first kappa shape index (κ1) is 12.4. The summed E-state index contributed by atoms with van der Waals surface area (Å²) in [7, 11) is 0. The van der Waals surface area contributed by atoms with Crippen molar-refractivity contribution in [1.82, 2.24) is 4.98 Å². The predicted molar refractivity (Wildman–Crippen MR) is 70.8 cm³/mol. The maximum absolute atomic E-state index is 11.2. The molecular weight excluding hydrogens is 252 g/mol. The number of nitrogens with zero attached hydrogens (tertiary/aromatic N) is 1. The second-order valence-corrected chi connectivity index (χ2v) is 4.33. The van der Waals surface area contributed by atoms with Gasteiger partial charge in [-0.2, -0.15) is 0 Å². The SMILES string of the molecule is Cc1ccc(-c2cnc(N)cc2C(=O)O)cc1Cl. The Morgan fingerprint density at radius 1 is 1.39 bits per heavy atom. The molecule has 2 aromatic rings. The van der Waals surface area contributed by atoms with Crippen molar-refractivity contribution < 1.29 is 9.90 Å². The molecule has 0 saturated carbocycles. The fourth-order valence-corrected chi connectivity index (χ4v) is 1.82. The van der Waals surface area contributed by atoms with Crippen LogP contribution in [0.4, 0.5) is 5.82 Å². The lowest BCUT2D eigenvalue weighted by atomic mass is 10.0. The molecule has 0 aliphatic carbocycles. The van der Waals surface area contributed by atoms with E-state index in [-0.39, 0.29) is 11.4 Å². The highest BCUT2D eigenvalue weighted by Gasteiger charge is 2.13. The summed E-state index contributed by atoms with van der Waals surface area (Å²) >= 11 is 6.03. The van der Waals surface area contributed by atoms with Gasteiger partial charge < -0.3 is 10.8 Å². The lowest BCUT2D eigenvalue weighted by molar-refractivity contribution is 0.0697. The second kappa shape index (κ2) is 4.66. The van der Waals surface area contributed by atoms with Gasteiger partial charge in [0.25, 0.3) is 0 Å². The van der Waals surface area contributed by atoms with Crippen molar-refractivity contribution in [2.24, 2.45) is 0 Å². The topological polar surface area (TPSA) is 76.2 Å². The highest BCUT2D eigenvalue weighted by molar-refractivity contribution is 6.31. The zero-order valence-corrected chi connectivity index (χ0v) is 10.4. The van der Waals surface area contributed by atoms with E-state index in [1.54, 1.807) is 12.1 Å². The minimum absolute atomic E-state index is 0.113. The van der Waals surface area contributed by atoms with Crippen LogP contribution in [0.3, 0.4) is 0 Å². The summed E-state index contributed by atoms with van der Waals surface area (Å²) in [5.41, 5.74) is 7.74. The van der Waals surface area contributed by atoms with Crippen LogP contribution in [-0.2, 0) is 0 Å². The summed E-state index contributed by atoms with van der Waals surface area (Å²) in [6.45, 7) is 1.88. The maximum atomic E-state index is 11.2. The number of hydrogen-bond acceptors (Lipinski definition) is 3. The first-order chi connectivity index (χ1) is 8.49. The Bertz CT molecular complexity index is 626. The third-order valence-corrected chi connectivity index (χ3v) is 3.05. The van der Waals surface area contributed by atoms with Gasteiger partial charge in [-0.05, 0) is 30.2 Å². The van der Waals surface area contributed by atoms with Crippen molar-refractivity contribution in [3.63, 3.8) is 0 Å². The molecule has 3 N–H and O–H groups in total. The molecule has 18 heavy (non-hydrogen) atoms. The number of nitrogen functional groups attached to an aromatic ring is 1. The summed E-state index contributed by atoms with van der Waals surface area (Å²) in [5.74, 6) is -0.870. The fraction of sp³-hybridized carbons (Fsp3) is 0.0769. The number of benzene rings is 1. The molecule has 0 aliphatic rings. The third-order valence-electron chi connectivity index (χ3n) is 2.64. The molecule has 0 fully saturated rings. The molecule has 2 rings (SSSR count). The normalized spacial score (nSPS) is 10.3. The number of nitrogens with two attached hydrogens (primary N) is 1. The van der Waals surface area contributed by atoms with Gasteiger partial charge >= 0.3 is 5.97 Å². The summed E-state index contributed by atoms with van der Waals surface area (Å²) in [6.07, 6.45) is 1.44. The molecule has 0 bridgehead atoms. The number of carbonyl (C=O) groups is 1. The number of carboxylic acids is 1. The molecule has 1 aromatic carbocycles. The van der Waals surface area contributed by atoms with E-state index in [1.165, 1.54) is 12.3 Å². The van der Waals surface area contributed by atoms with E-state index >= 15 is 0 Å². The Morgan fingerprint density at radius 3 is 2.72 bits per heavy atom. The second-order valence-electron chi connectivity index (χ2n) is 3.92. The highest BCUT2D eigenvalue weighted by Crippen LogP contribution is 2.28. The molecule has 0 radical (unpaired) electrons. The number of aromatic nitrogens is 1. The van der Waals surface area contributed by atoms with Crippen LogP contribution in [0.5, 0.6) is 0 Å². The summed E-state index contributed by atoms with van der Waals surface area (Å²) in [5, 5.41) is 9.74. The molecule has 92 valence electrons. The fourth-order valence-electron chi connectivity index (χ4n) is 1.64. The van der Waals surface area contributed by atoms with Crippen molar-refractivity contribution in [1.29, 1.82) is 0 Å². The molecule has 0 aliphatic heterocycles. The quantitative estimate of drug-likeness (QED) is 0.872. The number of aryl methyl sites for hydroxylation is 1. The maximum Gasteiger partial charge on any atom is 0.336 e. The molecule has 5 heteroatoms. The van der Waals surface area contributed by atoms with E-state index < -0.39 is 5.97 Å². The molecule has 0 spiro atoms. The lowest BCUT2D eigenvalue weighted by Crippen LogP contribution is -2.03. The van der Waals surface area contributed by atoms with E-state index in [4.69, 9.17) is 22.4 Å². The Morgan fingerprint density at radius 2 is 2.11 bits per heavy atom. The number of hydrogen-bond donors (Lipinski definition) is 2. The highest BCUT2D eigenvalue weighted by atomic mass is 35.5. The van der Waals surface area contributed by atoms with Crippen molar-refractivity contribution in [2.75, 3.05) is 5.73 Å². The van der Waals surface area contributed by atoms with Crippen LogP contribution < -0.4 is 5.73 Å². The average molecular weight is 263 g/mol. The van der Waals surface area contributed by atoms with Gasteiger partial charge in [0.05, 0.1) is 5.56 Å². The number of rotatable bonds is 2. The van der Waals surface area contributed by atoms with Gasteiger partial charge in [-0.1, -0.05) is 23.7 Å². The van der Waals surface area contributed by atoms with E-state index in [0.29, 0.717) is 16.1 Å². The molecule has 1 heterocycles. The van der Waals surface area contributed by atoms with Crippen molar-refractivity contribution >= 4 is 23.4 Å². The van der Waals surface area contributed by atoms with Crippen LogP contribution in [-0.4, -0.2) is 16.1 Å². The van der Waals surface area contributed by atoms with Crippen molar-refractivity contribution in [2.45, 2.75) is 6.92 Å². The number of carboxylic acid groups (broad SMARTS) is 1. The predicted octanol–water partition coefficient (Wildman–Crippen LogP) is 2.99. The smallest absolute Gasteiger partial charge is 0.336 e. The van der Waals surface area contributed by atoms with Gasteiger partial charge in [-0.3, -0.25) is 0 Å².